The van der Waals surface area contributed by atoms with Crippen molar-refractivity contribution in [3.05, 3.63) is 35.9 Å². The Morgan fingerprint density at radius 3 is 1.74 bits per heavy atom. The maximum atomic E-state index is 2.61. The predicted octanol–water partition coefficient (Wildman–Crippen LogP) is 6.99. The maximum absolute atomic E-state index is 2.61. The molecule has 0 aromatic heterocycles. The number of nitrogens with zero attached hydrogens (tertiary/aromatic N) is 1. The van der Waals surface area contributed by atoms with E-state index >= 15 is 0 Å². The Bertz CT molecular complexity index is 355. The Balaban J connectivity index is 2.27. The van der Waals surface area contributed by atoms with Gasteiger partial charge in [-0.1, -0.05) is 109 Å². The highest BCUT2D eigenvalue weighted by molar-refractivity contribution is 5.19. The van der Waals surface area contributed by atoms with E-state index in [2.05, 4.69) is 56.0 Å². The molecule has 0 aliphatic carbocycles. The molecule has 1 aromatic rings. The first-order chi connectivity index (χ1) is 11.3. The lowest BCUT2D eigenvalue weighted by atomic mass is 9.98. The summed E-state index contributed by atoms with van der Waals surface area (Å²) in [7, 11) is 0. The van der Waals surface area contributed by atoms with E-state index in [1.807, 2.05) is 0 Å². The van der Waals surface area contributed by atoms with E-state index in [9.17, 15) is 0 Å². The van der Waals surface area contributed by atoms with E-state index in [1.54, 1.807) is 0 Å². The first kappa shape index (κ1) is 20.2. The Hall–Kier alpha value is -0.820. The zero-order chi connectivity index (χ0) is 16.8. The van der Waals surface area contributed by atoms with Crippen LogP contribution >= 0.6 is 0 Å². The maximum Gasteiger partial charge on any atom is 0.0347 e. The van der Waals surface area contributed by atoms with Crippen LogP contribution in [-0.2, 0) is 0 Å². The van der Waals surface area contributed by atoms with E-state index < -0.39 is 0 Å². The summed E-state index contributed by atoms with van der Waals surface area (Å²) in [5.74, 6) is 0. The van der Waals surface area contributed by atoms with Gasteiger partial charge in [0.15, 0.2) is 0 Å². The topological polar surface area (TPSA) is 3.24 Å². The summed E-state index contributed by atoms with van der Waals surface area (Å²) in [6, 6.07) is 11.7. The average molecular weight is 318 g/mol. The van der Waals surface area contributed by atoms with Gasteiger partial charge < -0.3 is 0 Å². The summed E-state index contributed by atoms with van der Waals surface area (Å²) in [6.07, 6.45) is 14.0. The van der Waals surface area contributed by atoms with Crippen LogP contribution in [0.3, 0.4) is 0 Å². The minimum absolute atomic E-state index is 0.607. The van der Waals surface area contributed by atoms with Gasteiger partial charge in [0.1, 0.15) is 0 Å². The van der Waals surface area contributed by atoms with Crippen LogP contribution in [0.1, 0.15) is 96.6 Å². The summed E-state index contributed by atoms with van der Waals surface area (Å²) in [4.78, 5) is 2.61. The van der Waals surface area contributed by atoms with Crippen molar-refractivity contribution in [2.45, 2.75) is 91.0 Å². The van der Waals surface area contributed by atoms with Gasteiger partial charge in [0.2, 0.25) is 0 Å². The second kappa shape index (κ2) is 13.6. The van der Waals surface area contributed by atoms with Gasteiger partial charge in [0, 0.05) is 6.04 Å². The van der Waals surface area contributed by atoms with Gasteiger partial charge in [-0.15, -0.1) is 0 Å². The smallest absolute Gasteiger partial charge is 0.0347 e. The quantitative estimate of drug-likeness (QED) is 0.334. The van der Waals surface area contributed by atoms with Gasteiger partial charge >= 0.3 is 0 Å². The third-order valence-electron chi connectivity index (χ3n) is 5.02. The molecule has 0 spiro atoms. The zero-order valence-electron chi connectivity index (χ0n) is 15.9. The Kier molecular flexibility index (Phi) is 12.0. The molecule has 1 atom stereocenters. The fourth-order valence-corrected chi connectivity index (χ4v) is 3.55. The molecule has 0 saturated carbocycles. The molecule has 0 bridgehead atoms. The van der Waals surface area contributed by atoms with E-state index in [4.69, 9.17) is 0 Å². The van der Waals surface area contributed by atoms with Crippen LogP contribution in [-0.4, -0.2) is 18.0 Å². The Morgan fingerprint density at radius 2 is 1.22 bits per heavy atom. The van der Waals surface area contributed by atoms with E-state index in [0.717, 1.165) is 13.1 Å². The molecule has 1 unspecified atom stereocenters. The van der Waals surface area contributed by atoms with E-state index in [1.165, 1.54) is 69.8 Å². The van der Waals surface area contributed by atoms with Gasteiger partial charge in [-0.3, -0.25) is 4.90 Å². The average Bonchev–Trinajstić information content (AvgIpc) is 2.60. The molecule has 0 N–H and O–H groups in total. The third kappa shape index (κ3) is 8.55. The zero-order valence-corrected chi connectivity index (χ0v) is 15.9. The lowest BCUT2D eigenvalue weighted by Crippen LogP contribution is -2.28. The van der Waals surface area contributed by atoms with Gasteiger partial charge in [-0.25, -0.2) is 0 Å². The van der Waals surface area contributed by atoms with Crippen molar-refractivity contribution >= 4 is 0 Å². The van der Waals surface area contributed by atoms with Gasteiger partial charge in [0.25, 0.3) is 0 Å². The largest absolute Gasteiger partial charge is 0.297 e. The second-order valence-corrected chi connectivity index (χ2v) is 6.76. The molecule has 1 rings (SSSR count). The highest BCUT2D eigenvalue weighted by Gasteiger charge is 2.16. The van der Waals surface area contributed by atoms with Gasteiger partial charge in [-0.05, 0) is 25.1 Å². The molecule has 23 heavy (non-hydrogen) atoms. The molecule has 0 radical (unpaired) electrons. The summed E-state index contributed by atoms with van der Waals surface area (Å²) in [5, 5.41) is 0. The molecule has 1 heteroatoms. The van der Waals surface area contributed by atoms with Crippen molar-refractivity contribution in [1.82, 2.24) is 4.90 Å². The van der Waals surface area contributed by atoms with Crippen LogP contribution in [0.15, 0.2) is 30.3 Å². The normalized spacial score (nSPS) is 12.7. The van der Waals surface area contributed by atoms with Gasteiger partial charge in [0.05, 0.1) is 0 Å². The summed E-state index contributed by atoms with van der Waals surface area (Å²) in [6.45, 7) is 9.16. The highest BCUT2D eigenvalue weighted by Crippen LogP contribution is 2.26. The van der Waals surface area contributed by atoms with Crippen LogP contribution in [0.25, 0.3) is 0 Å². The summed E-state index contributed by atoms with van der Waals surface area (Å²) < 4.78 is 0. The minimum Gasteiger partial charge on any atom is -0.297 e. The third-order valence-corrected chi connectivity index (χ3v) is 5.02. The minimum atomic E-state index is 0.607. The monoisotopic (exact) mass is 317 g/mol. The first-order valence-electron chi connectivity index (χ1n) is 10.1. The molecule has 0 aliphatic rings. The molecule has 0 saturated heterocycles. The number of hydrogen-bond acceptors (Lipinski definition) is 1. The molecule has 0 fully saturated rings. The van der Waals surface area contributed by atoms with Crippen LogP contribution in [0.4, 0.5) is 0 Å². The molecule has 1 nitrogen and oxygen atoms in total. The van der Waals surface area contributed by atoms with Crippen LogP contribution in [0.5, 0.6) is 0 Å². The van der Waals surface area contributed by atoms with Crippen molar-refractivity contribution in [3.63, 3.8) is 0 Å². The van der Waals surface area contributed by atoms with E-state index in [-0.39, 0.29) is 0 Å². The molecule has 132 valence electrons. The molecule has 0 heterocycles. The van der Waals surface area contributed by atoms with Crippen molar-refractivity contribution in [3.8, 4) is 0 Å². The highest BCUT2D eigenvalue weighted by atomic mass is 15.1. The Labute approximate surface area is 145 Å². The molecular formula is C22H39N. The number of benzene rings is 1. The lowest BCUT2D eigenvalue weighted by molar-refractivity contribution is 0.204. The molecule has 0 aliphatic heterocycles. The van der Waals surface area contributed by atoms with Crippen molar-refractivity contribution in [1.29, 1.82) is 0 Å². The van der Waals surface area contributed by atoms with Crippen molar-refractivity contribution in [2.75, 3.05) is 13.1 Å². The summed E-state index contributed by atoms with van der Waals surface area (Å²) in [5.41, 5.74) is 1.50. The predicted molar refractivity (Wildman–Crippen MR) is 104 cm³/mol. The van der Waals surface area contributed by atoms with Crippen LogP contribution < -0.4 is 0 Å². The molecule has 0 amide bonds. The van der Waals surface area contributed by atoms with Crippen molar-refractivity contribution < 1.29 is 0 Å². The van der Waals surface area contributed by atoms with E-state index in [0.29, 0.717) is 6.04 Å². The van der Waals surface area contributed by atoms with Crippen molar-refractivity contribution in [2.24, 2.45) is 0 Å². The standard InChI is InChI=1S/C22H39N/c1-4-7-8-9-10-11-12-13-17-20-22(23(5-2)6-3)21-18-15-14-16-19-21/h14-16,18-19,22H,4-13,17,20H2,1-3H3. The number of hydrogen-bond donors (Lipinski definition) is 0. The first-order valence-corrected chi connectivity index (χ1v) is 10.1. The van der Waals surface area contributed by atoms with Crippen LogP contribution in [0.2, 0.25) is 0 Å². The number of unbranched alkanes of at least 4 members (excludes halogenated alkanes) is 8. The fraction of sp³-hybridized carbons (Fsp3) is 0.727. The summed E-state index contributed by atoms with van der Waals surface area (Å²) >= 11 is 0. The van der Waals surface area contributed by atoms with Gasteiger partial charge in [-0.2, -0.15) is 0 Å². The lowest BCUT2D eigenvalue weighted by Gasteiger charge is -2.30. The Morgan fingerprint density at radius 1 is 0.696 bits per heavy atom. The SMILES string of the molecule is CCCCCCCCCCCC(c1ccccc1)N(CC)CC. The fourth-order valence-electron chi connectivity index (χ4n) is 3.55. The van der Waals surface area contributed by atoms with Crippen LogP contribution in [0, 0.1) is 0 Å². The molecule has 1 aromatic carbocycles. The second-order valence-electron chi connectivity index (χ2n) is 6.76. The number of rotatable bonds is 14. The molecular weight excluding hydrogens is 278 g/mol.